The Balaban J connectivity index is 1.94. The molecule has 4 nitrogen and oxygen atoms in total. The fourth-order valence-corrected chi connectivity index (χ4v) is 3.00. The number of aromatic nitrogens is 1. The van der Waals surface area contributed by atoms with Crippen LogP contribution in [-0.4, -0.2) is 16.1 Å². The first kappa shape index (κ1) is 16.0. The minimum atomic E-state index is -0.681. The summed E-state index contributed by atoms with van der Waals surface area (Å²) >= 11 is 1.60. The van der Waals surface area contributed by atoms with E-state index in [2.05, 4.69) is 4.98 Å². The van der Waals surface area contributed by atoms with Crippen LogP contribution >= 0.6 is 11.3 Å². The summed E-state index contributed by atoms with van der Waals surface area (Å²) in [6.07, 6.45) is 9.27. The number of aliphatic carboxylic acids is 1. The average molecular weight is 284 g/mol. The van der Waals surface area contributed by atoms with Crippen molar-refractivity contribution in [3.05, 3.63) is 10.6 Å². The first-order chi connectivity index (χ1) is 9.09. The smallest absolute Gasteiger partial charge is 0.303 e. The van der Waals surface area contributed by atoms with Gasteiger partial charge in [0.2, 0.25) is 0 Å². The van der Waals surface area contributed by atoms with E-state index in [1.54, 1.807) is 11.3 Å². The van der Waals surface area contributed by atoms with Gasteiger partial charge in [0.15, 0.2) is 5.13 Å². The van der Waals surface area contributed by atoms with Crippen LogP contribution in [0.4, 0.5) is 5.13 Å². The summed E-state index contributed by atoms with van der Waals surface area (Å²) in [5.41, 5.74) is 6.74. The predicted octanol–water partition coefficient (Wildman–Crippen LogP) is 3.78. The number of carboxylic acid groups (broad SMARTS) is 1. The molecule has 0 aliphatic carbocycles. The quantitative estimate of drug-likeness (QED) is 0.641. The highest BCUT2D eigenvalue weighted by Gasteiger charge is 2.04. The molecule has 3 N–H and O–H groups in total. The van der Waals surface area contributed by atoms with Crippen molar-refractivity contribution >= 4 is 22.4 Å². The molecule has 108 valence electrons. The van der Waals surface area contributed by atoms with Gasteiger partial charge in [0.05, 0.1) is 5.69 Å². The fourth-order valence-electron chi connectivity index (χ4n) is 2.13. The van der Waals surface area contributed by atoms with Crippen LogP contribution in [0.15, 0.2) is 0 Å². The topological polar surface area (TPSA) is 76.2 Å². The molecule has 1 heterocycles. The number of thiazole rings is 1. The van der Waals surface area contributed by atoms with Gasteiger partial charge in [-0.2, -0.15) is 0 Å². The summed E-state index contributed by atoms with van der Waals surface area (Å²) in [7, 11) is 0. The van der Waals surface area contributed by atoms with Crippen molar-refractivity contribution in [2.45, 2.75) is 64.7 Å². The second kappa shape index (κ2) is 8.91. The van der Waals surface area contributed by atoms with Gasteiger partial charge in [-0.05, 0) is 26.2 Å². The lowest BCUT2D eigenvalue weighted by Crippen LogP contribution is -1.93. The van der Waals surface area contributed by atoms with Crippen molar-refractivity contribution in [2.24, 2.45) is 0 Å². The second-order valence-corrected chi connectivity index (χ2v) is 6.04. The molecule has 0 fully saturated rings. The van der Waals surface area contributed by atoms with Crippen molar-refractivity contribution in [3.63, 3.8) is 0 Å². The van der Waals surface area contributed by atoms with E-state index in [1.165, 1.54) is 30.6 Å². The third-order valence-electron chi connectivity index (χ3n) is 3.20. The molecule has 5 heteroatoms. The van der Waals surface area contributed by atoms with Crippen LogP contribution < -0.4 is 5.73 Å². The number of aryl methyl sites for hydroxylation is 2. The summed E-state index contributed by atoms with van der Waals surface area (Å²) in [5, 5.41) is 9.18. The molecular formula is C14H24N2O2S. The standard InChI is InChI=1S/C14H24N2O2S/c1-11-12(19-14(15)16-11)9-7-5-3-2-4-6-8-10-13(17)18/h2-10H2,1H3,(H2,15,16)(H,17,18). The Kier molecular flexibility index (Phi) is 7.48. The number of hydrogen-bond donors (Lipinski definition) is 2. The van der Waals surface area contributed by atoms with E-state index in [1.807, 2.05) is 6.92 Å². The zero-order valence-corrected chi connectivity index (χ0v) is 12.5. The molecule has 0 saturated carbocycles. The normalized spacial score (nSPS) is 10.8. The summed E-state index contributed by atoms with van der Waals surface area (Å²) < 4.78 is 0. The molecule has 0 aliphatic heterocycles. The van der Waals surface area contributed by atoms with Gasteiger partial charge < -0.3 is 10.8 Å². The van der Waals surface area contributed by atoms with Crippen molar-refractivity contribution < 1.29 is 9.90 Å². The SMILES string of the molecule is Cc1nc(N)sc1CCCCCCCCCC(=O)O. The van der Waals surface area contributed by atoms with Crippen molar-refractivity contribution in [1.82, 2.24) is 4.98 Å². The number of nitrogens with zero attached hydrogens (tertiary/aromatic N) is 1. The van der Waals surface area contributed by atoms with Crippen LogP contribution in [0.25, 0.3) is 0 Å². The van der Waals surface area contributed by atoms with Gasteiger partial charge in [-0.15, -0.1) is 11.3 Å². The van der Waals surface area contributed by atoms with Crippen molar-refractivity contribution in [1.29, 1.82) is 0 Å². The highest BCUT2D eigenvalue weighted by molar-refractivity contribution is 7.15. The number of hydrogen-bond acceptors (Lipinski definition) is 4. The molecule has 0 unspecified atom stereocenters. The molecule has 0 bridgehead atoms. The first-order valence-electron chi connectivity index (χ1n) is 7.03. The Labute approximate surface area is 119 Å². The maximum Gasteiger partial charge on any atom is 0.303 e. The monoisotopic (exact) mass is 284 g/mol. The minimum absolute atomic E-state index is 0.312. The molecule has 1 aromatic rings. The minimum Gasteiger partial charge on any atom is -0.481 e. The molecule has 0 atom stereocenters. The Morgan fingerprint density at radius 3 is 2.26 bits per heavy atom. The molecule has 0 saturated heterocycles. The molecule has 0 amide bonds. The number of unbranched alkanes of at least 4 members (excludes halogenated alkanes) is 6. The fraction of sp³-hybridized carbons (Fsp3) is 0.714. The van der Waals surface area contributed by atoms with Crippen LogP contribution in [0, 0.1) is 6.92 Å². The van der Waals surface area contributed by atoms with E-state index in [0.717, 1.165) is 31.4 Å². The van der Waals surface area contributed by atoms with Gasteiger partial charge in [-0.1, -0.05) is 32.1 Å². The Bertz CT molecular complexity index is 391. The Morgan fingerprint density at radius 1 is 1.16 bits per heavy atom. The summed E-state index contributed by atoms with van der Waals surface area (Å²) in [5.74, 6) is -0.681. The molecule has 19 heavy (non-hydrogen) atoms. The second-order valence-electron chi connectivity index (χ2n) is 4.93. The lowest BCUT2D eigenvalue weighted by Gasteiger charge is -2.01. The Hall–Kier alpha value is -1.10. The van der Waals surface area contributed by atoms with E-state index in [0.29, 0.717) is 11.6 Å². The molecule has 0 aromatic carbocycles. The molecule has 0 spiro atoms. The van der Waals surface area contributed by atoms with E-state index in [9.17, 15) is 4.79 Å². The molecular weight excluding hydrogens is 260 g/mol. The number of nitrogen functional groups attached to an aromatic ring is 1. The lowest BCUT2D eigenvalue weighted by atomic mass is 10.1. The van der Waals surface area contributed by atoms with E-state index < -0.39 is 5.97 Å². The highest BCUT2D eigenvalue weighted by atomic mass is 32.1. The predicted molar refractivity (Wildman–Crippen MR) is 79.5 cm³/mol. The molecule has 0 aliphatic rings. The maximum absolute atomic E-state index is 10.3. The number of nitrogens with two attached hydrogens (primary N) is 1. The van der Waals surface area contributed by atoms with Crippen LogP contribution in [0.1, 0.15) is 61.9 Å². The van der Waals surface area contributed by atoms with Crippen LogP contribution in [-0.2, 0) is 11.2 Å². The zero-order chi connectivity index (χ0) is 14.1. The summed E-state index contributed by atoms with van der Waals surface area (Å²) in [6, 6.07) is 0. The molecule has 0 radical (unpaired) electrons. The molecule has 1 rings (SSSR count). The van der Waals surface area contributed by atoms with Gasteiger partial charge in [0.25, 0.3) is 0 Å². The van der Waals surface area contributed by atoms with Crippen molar-refractivity contribution in [2.75, 3.05) is 5.73 Å². The van der Waals surface area contributed by atoms with E-state index in [-0.39, 0.29) is 0 Å². The van der Waals surface area contributed by atoms with Gasteiger partial charge in [0, 0.05) is 11.3 Å². The Morgan fingerprint density at radius 2 is 1.74 bits per heavy atom. The third kappa shape index (κ3) is 7.15. The zero-order valence-electron chi connectivity index (χ0n) is 11.7. The highest BCUT2D eigenvalue weighted by Crippen LogP contribution is 2.22. The maximum atomic E-state index is 10.3. The van der Waals surface area contributed by atoms with E-state index >= 15 is 0 Å². The van der Waals surface area contributed by atoms with Crippen LogP contribution in [0.3, 0.4) is 0 Å². The van der Waals surface area contributed by atoms with Crippen LogP contribution in [0.5, 0.6) is 0 Å². The van der Waals surface area contributed by atoms with Gasteiger partial charge >= 0.3 is 5.97 Å². The third-order valence-corrected chi connectivity index (χ3v) is 4.25. The van der Waals surface area contributed by atoms with Gasteiger partial charge in [0.1, 0.15) is 0 Å². The number of carbonyl (C=O) groups is 1. The van der Waals surface area contributed by atoms with Crippen molar-refractivity contribution in [3.8, 4) is 0 Å². The molecule has 1 aromatic heterocycles. The average Bonchev–Trinajstić information content (AvgIpc) is 2.65. The van der Waals surface area contributed by atoms with Crippen LogP contribution in [0.2, 0.25) is 0 Å². The summed E-state index contributed by atoms with van der Waals surface area (Å²) in [6.45, 7) is 2.02. The number of anilines is 1. The largest absolute Gasteiger partial charge is 0.481 e. The number of rotatable bonds is 10. The van der Waals surface area contributed by atoms with E-state index in [4.69, 9.17) is 10.8 Å². The van der Waals surface area contributed by atoms with Gasteiger partial charge in [-0.3, -0.25) is 4.79 Å². The van der Waals surface area contributed by atoms with Gasteiger partial charge in [-0.25, -0.2) is 4.98 Å². The first-order valence-corrected chi connectivity index (χ1v) is 7.85. The number of carboxylic acids is 1. The summed E-state index contributed by atoms with van der Waals surface area (Å²) in [4.78, 5) is 15.9. The lowest BCUT2D eigenvalue weighted by molar-refractivity contribution is -0.137.